The Bertz CT molecular complexity index is 462. The van der Waals surface area contributed by atoms with Crippen LogP contribution < -0.4 is 15.4 Å². The van der Waals surface area contributed by atoms with Crippen molar-refractivity contribution in [1.82, 2.24) is 0 Å². The van der Waals surface area contributed by atoms with E-state index in [1.165, 1.54) is 18.9 Å². The van der Waals surface area contributed by atoms with Gasteiger partial charge in [0, 0.05) is 25.2 Å². The number of benzene rings is 1. The third kappa shape index (κ3) is 3.42. The largest absolute Gasteiger partial charge is 0.493 e. The first-order chi connectivity index (χ1) is 9.72. The monoisotopic (exact) mass is 278 g/mol. The van der Waals surface area contributed by atoms with Crippen molar-refractivity contribution in [3.8, 4) is 5.75 Å². The Kier molecular flexibility index (Phi) is 4.10. The zero-order valence-corrected chi connectivity index (χ0v) is 11.9. The van der Waals surface area contributed by atoms with Gasteiger partial charge in [-0.2, -0.15) is 0 Å². The van der Waals surface area contributed by atoms with Crippen molar-refractivity contribution in [3.63, 3.8) is 0 Å². The molecular weight excluding hydrogens is 255 g/mol. The fraction of sp³-hybridized carbons (Fsp3) is 0.625. The third-order valence-electron chi connectivity index (χ3n) is 4.21. The van der Waals surface area contributed by atoms with Crippen LogP contribution >= 0.6 is 0 Å². The number of hydrogen-bond donors (Lipinski definition) is 1. The molecule has 0 spiro atoms. The second-order valence-corrected chi connectivity index (χ2v) is 6.04. The second kappa shape index (κ2) is 6.00. The summed E-state index contributed by atoms with van der Waals surface area (Å²) in [7, 11) is 0. The van der Waals surface area contributed by atoms with Crippen LogP contribution in [0.5, 0.6) is 5.75 Å². The highest BCUT2D eigenvalue weighted by molar-refractivity contribution is 5.51. The predicted octanol–water partition coefficient (Wildman–Crippen LogP) is 2.93. The molecule has 2 aliphatic rings. The summed E-state index contributed by atoms with van der Waals surface area (Å²) in [4.78, 5) is 2.04. The molecule has 0 radical (unpaired) electrons. The van der Waals surface area contributed by atoms with Crippen LogP contribution in [0.1, 0.15) is 32.1 Å². The summed E-state index contributed by atoms with van der Waals surface area (Å²) < 4.78 is 19.8. The van der Waals surface area contributed by atoms with Crippen LogP contribution in [-0.2, 0) is 0 Å². The molecule has 1 aromatic rings. The lowest BCUT2D eigenvalue weighted by atomic mass is 10.1. The SMILES string of the molecule is NC1CCCN(c2ccc(OCCC3CC3)cc2F)C1. The van der Waals surface area contributed by atoms with Crippen LogP contribution in [-0.4, -0.2) is 25.7 Å². The summed E-state index contributed by atoms with van der Waals surface area (Å²) in [6, 6.07) is 5.34. The van der Waals surface area contributed by atoms with Gasteiger partial charge in [0.15, 0.2) is 0 Å². The smallest absolute Gasteiger partial charge is 0.150 e. The summed E-state index contributed by atoms with van der Waals surface area (Å²) in [5.74, 6) is 1.27. The van der Waals surface area contributed by atoms with Crippen LogP contribution in [0.2, 0.25) is 0 Å². The van der Waals surface area contributed by atoms with E-state index in [1.807, 2.05) is 17.0 Å². The molecule has 3 rings (SSSR count). The van der Waals surface area contributed by atoms with E-state index in [1.54, 1.807) is 0 Å². The highest BCUT2D eigenvalue weighted by atomic mass is 19.1. The summed E-state index contributed by atoms with van der Waals surface area (Å²) >= 11 is 0. The summed E-state index contributed by atoms with van der Waals surface area (Å²) in [5, 5.41) is 0. The van der Waals surface area contributed by atoms with Crippen LogP contribution in [0.3, 0.4) is 0 Å². The molecule has 1 unspecified atom stereocenters. The van der Waals surface area contributed by atoms with Gasteiger partial charge in [-0.15, -0.1) is 0 Å². The van der Waals surface area contributed by atoms with Crippen LogP contribution in [0, 0.1) is 11.7 Å². The van der Waals surface area contributed by atoms with Gasteiger partial charge < -0.3 is 15.4 Å². The maximum Gasteiger partial charge on any atom is 0.150 e. The Labute approximate surface area is 119 Å². The van der Waals surface area contributed by atoms with Crippen molar-refractivity contribution in [2.75, 3.05) is 24.6 Å². The van der Waals surface area contributed by atoms with Gasteiger partial charge >= 0.3 is 0 Å². The highest BCUT2D eigenvalue weighted by Gasteiger charge is 2.21. The maximum absolute atomic E-state index is 14.2. The van der Waals surface area contributed by atoms with Gasteiger partial charge in [-0.3, -0.25) is 0 Å². The number of anilines is 1. The van der Waals surface area contributed by atoms with E-state index >= 15 is 0 Å². The molecule has 1 heterocycles. The van der Waals surface area contributed by atoms with Crippen LogP contribution in [0.4, 0.5) is 10.1 Å². The minimum Gasteiger partial charge on any atom is -0.493 e. The zero-order chi connectivity index (χ0) is 13.9. The Balaban J connectivity index is 1.60. The molecule has 1 saturated carbocycles. The fourth-order valence-electron chi connectivity index (χ4n) is 2.81. The topological polar surface area (TPSA) is 38.5 Å². The molecule has 1 aromatic carbocycles. The van der Waals surface area contributed by atoms with Crippen molar-refractivity contribution in [2.45, 2.75) is 38.1 Å². The predicted molar refractivity (Wildman–Crippen MR) is 78.7 cm³/mol. The van der Waals surface area contributed by atoms with Gasteiger partial charge in [-0.1, -0.05) is 12.8 Å². The van der Waals surface area contributed by atoms with E-state index in [0.717, 1.165) is 38.3 Å². The maximum atomic E-state index is 14.2. The summed E-state index contributed by atoms with van der Waals surface area (Å²) in [5.41, 5.74) is 6.60. The summed E-state index contributed by atoms with van der Waals surface area (Å²) in [6.45, 7) is 2.31. The van der Waals surface area contributed by atoms with Gasteiger partial charge in [0.2, 0.25) is 0 Å². The lowest BCUT2D eigenvalue weighted by Gasteiger charge is -2.32. The molecule has 0 amide bonds. The Morgan fingerprint density at radius 3 is 2.85 bits per heavy atom. The van der Waals surface area contributed by atoms with E-state index in [2.05, 4.69) is 0 Å². The summed E-state index contributed by atoms with van der Waals surface area (Å²) in [6.07, 6.45) is 5.79. The fourth-order valence-corrected chi connectivity index (χ4v) is 2.81. The van der Waals surface area contributed by atoms with Gasteiger partial charge in [0.05, 0.1) is 12.3 Å². The highest BCUT2D eigenvalue weighted by Crippen LogP contribution is 2.32. The van der Waals surface area contributed by atoms with Crippen molar-refractivity contribution >= 4 is 5.69 Å². The molecule has 1 aliphatic carbocycles. The van der Waals surface area contributed by atoms with Gasteiger partial charge in [-0.25, -0.2) is 4.39 Å². The second-order valence-electron chi connectivity index (χ2n) is 6.04. The van der Waals surface area contributed by atoms with Crippen molar-refractivity contribution < 1.29 is 9.13 Å². The van der Waals surface area contributed by atoms with Crippen molar-refractivity contribution in [3.05, 3.63) is 24.0 Å². The normalized spacial score (nSPS) is 22.9. The molecule has 1 saturated heterocycles. The quantitative estimate of drug-likeness (QED) is 0.900. The lowest BCUT2D eigenvalue weighted by Crippen LogP contribution is -2.43. The number of hydrogen-bond acceptors (Lipinski definition) is 3. The van der Waals surface area contributed by atoms with E-state index in [4.69, 9.17) is 10.5 Å². The van der Waals surface area contributed by atoms with Gasteiger partial charge in [0.25, 0.3) is 0 Å². The number of nitrogens with two attached hydrogens (primary N) is 1. The molecule has 1 atom stereocenters. The molecule has 2 N–H and O–H groups in total. The van der Waals surface area contributed by atoms with Crippen molar-refractivity contribution in [2.24, 2.45) is 11.7 Å². The first-order valence-corrected chi connectivity index (χ1v) is 7.65. The Morgan fingerprint density at radius 1 is 1.30 bits per heavy atom. The first-order valence-electron chi connectivity index (χ1n) is 7.65. The average molecular weight is 278 g/mol. The number of piperidine rings is 1. The van der Waals surface area contributed by atoms with Gasteiger partial charge in [0.1, 0.15) is 11.6 Å². The molecule has 4 heteroatoms. The number of nitrogens with zero attached hydrogens (tertiary/aromatic N) is 1. The lowest BCUT2D eigenvalue weighted by molar-refractivity contribution is 0.301. The average Bonchev–Trinajstić information content (AvgIpc) is 3.23. The minimum atomic E-state index is -0.206. The molecule has 110 valence electrons. The molecular formula is C16H23FN2O. The molecule has 1 aliphatic heterocycles. The number of rotatable bonds is 5. The molecule has 0 aromatic heterocycles. The van der Waals surface area contributed by atoms with Crippen LogP contribution in [0.25, 0.3) is 0 Å². The molecule has 0 bridgehead atoms. The Hall–Kier alpha value is -1.29. The van der Waals surface area contributed by atoms with Crippen molar-refractivity contribution in [1.29, 1.82) is 0 Å². The first kappa shape index (κ1) is 13.7. The zero-order valence-electron chi connectivity index (χ0n) is 11.9. The van der Waals surface area contributed by atoms with E-state index < -0.39 is 0 Å². The number of ether oxygens (including phenoxy) is 1. The third-order valence-corrected chi connectivity index (χ3v) is 4.21. The van der Waals surface area contributed by atoms with E-state index in [9.17, 15) is 4.39 Å². The molecule has 3 nitrogen and oxygen atoms in total. The Morgan fingerprint density at radius 2 is 2.15 bits per heavy atom. The molecule has 20 heavy (non-hydrogen) atoms. The standard InChI is InChI=1S/C16H23FN2O/c17-15-10-14(20-9-7-12-3-4-12)5-6-16(15)19-8-1-2-13(18)11-19/h5-6,10,12-13H,1-4,7-9,11,18H2. The van der Waals surface area contributed by atoms with E-state index in [-0.39, 0.29) is 11.9 Å². The van der Waals surface area contributed by atoms with Gasteiger partial charge in [-0.05, 0) is 37.3 Å². The van der Waals surface area contributed by atoms with Crippen LogP contribution in [0.15, 0.2) is 18.2 Å². The number of halogens is 1. The molecule has 2 fully saturated rings. The minimum absolute atomic E-state index is 0.151. The van der Waals surface area contributed by atoms with E-state index in [0.29, 0.717) is 18.0 Å².